The van der Waals surface area contributed by atoms with Crippen molar-refractivity contribution < 1.29 is 33.2 Å². The Kier molecular flexibility index (Phi) is 6.93. The van der Waals surface area contributed by atoms with Crippen LogP contribution in [-0.4, -0.2) is 93.7 Å². The van der Waals surface area contributed by atoms with E-state index < -0.39 is 19.7 Å². The van der Waals surface area contributed by atoms with Crippen LogP contribution in [0, 0.1) is 0 Å². The summed E-state index contributed by atoms with van der Waals surface area (Å²) >= 11 is 11.7. The molecule has 0 aliphatic carbocycles. The molecule has 0 aromatic carbocycles. The van der Waals surface area contributed by atoms with E-state index in [0.29, 0.717) is 0 Å². The lowest BCUT2D eigenvalue weighted by atomic mass is 10.3. The monoisotopic (exact) mass is 364 g/mol. The number of carboxylic acid groups (broad SMARTS) is 1. The molecule has 2 fully saturated rings. The molecule has 2 aliphatic rings. The molecule has 124 valence electrons. The number of nitrogens with zero attached hydrogens (tertiary/aromatic N) is 2. The van der Waals surface area contributed by atoms with Crippen LogP contribution in [0.1, 0.15) is 0 Å². The minimum absolute atomic E-state index is 0.806. The number of piperazine rings is 1. The first kappa shape index (κ1) is 19.2. The van der Waals surface area contributed by atoms with Crippen molar-refractivity contribution in [1.82, 2.24) is 0 Å². The summed E-state index contributed by atoms with van der Waals surface area (Å²) < 4.78 is 12.3. The van der Waals surface area contributed by atoms with E-state index in [1.165, 1.54) is 41.8 Å². The van der Waals surface area contributed by atoms with Crippen molar-refractivity contribution in [2.45, 2.75) is 0 Å². The summed E-state index contributed by atoms with van der Waals surface area (Å²) in [4.78, 5) is 25.4. The van der Waals surface area contributed by atoms with Crippen molar-refractivity contribution in [3.8, 4) is 0 Å². The van der Waals surface area contributed by atoms with Gasteiger partial charge in [0.2, 0.25) is 6.67 Å². The van der Waals surface area contributed by atoms with Gasteiger partial charge in [0.15, 0.2) is 0 Å². The Morgan fingerprint density at radius 3 is 1.57 bits per heavy atom. The van der Waals surface area contributed by atoms with Gasteiger partial charge in [-0.2, -0.15) is 0 Å². The molecule has 10 heteroatoms. The molecule has 7 nitrogen and oxygen atoms in total. The maximum Gasteiger partial charge on any atom is 0.336 e. The fourth-order valence-electron chi connectivity index (χ4n) is 3.11. The van der Waals surface area contributed by atoms with Crippen LogP contribution in [0.2, 0.25) is 0 Å². The highest BCUT2D eigenvalue weighted by molar-refractivity contribution is 7.52. The Bertz CT molecular complexity index is 389. The van der Waals surface area contributed by atoms with Crippen LogP contribution in [-0.2, 0) is 9.36 Å². The van der Waals surface area contributed by atoms with Crippen molar-refractivity contribution in [2.24, 2.45) is 0 Å². The van der Waals surface area contributed by atoms with Gasteiger partial charge in [-0.05, 0) is 0 Å². The van der Waals surface area contributed by atoms with E-state index in [2.05, 4.69) is 0 Å². The number of quaternary nitrogens is 2. The molecule has 0 amide bonds. The molecule has 2 heterocycles. The Morgan fingerprint density at radius 2 is 1.38 bits per heavy atom. The van der Waals surface area contributed by atoms with Gasteiger partial charge in [0.05, 0.1) is 24.8 Å². The number of alkyl halides is 2. The maximum atomic E-state index is 9.76. The average molecular weight is 365 g/mol. The number of hydrogen-bond donors (Lipinski definition) is 3. The quantitative estimate of drug-likeness (QED) is 0.358. The van der Waals surface area contributed by atoms with E-state index >= 15 is 0 Å². The predicted octanol–water partition coefficient (Wildman–Crippen LogP) is 0.331. The fourth-order valence-corrected chi connectivity index (χ4v) is 4.18. The van der Waals surface area contributed by atoms with Crippen molar-refractivity contribution in [3.05, 3.63) is 0 Å². The molecular weight excluding hydrogens is 342 g/mol. The van der Waals surface area contributed by atoms with Gasteiger partial charge in [-0.1, -0.05) is 0 Å². The van der Waals surface area contributed by atoms with Crippen LogP contribution in [0.15, 0.2) is 0 Å². The molecule has 21 heavy (non-hydrogen) atoms. The van der Waals surface area contributed by atoms with Crippen molar-refractivity contribution >= 4 is 36.8 Å². The van der Waals surface area contributed by atoms with Crippen LogP contribution in [0.3, 0.4) is 0 Å². The molecule has 0 aromatic heterocycles. The number of aliphatic carboxylic acids is 1. The molecule has 0 spiro atoms. The number of rotatable bonds is 6. The molecular formula is C11H23Cl2N2O5P+2. The predicted molar refractivity (Wildman–Crippen MR) is 80.6 cm³/mol. The molecule has 2 aliphatic heterocycles. The first-order valence-corrected chi connectivity index (χ1v) is 9.61. The molecule has 0 aromatic rings. The van der Waals surface area contributed by atoms with Gasteiger partial charge >= 0.3 is 13.6 Å². The third-order valence-corrected chi connectivity index (χ3v) is 5.18. The van der Waals surface area contributed by atoms with E-state index in [4.69, 9.17) is 38.1 Å². The van der Waals surface area contributed by atoms with E-state index in [-0.39, 0.29) is 0 Å². The van der Waals surface area contributed by atoms with Crippen molar-refractivity contribution in [2.75, 3.05) is 63.9 Å². The number of fused-ring (bicyclic) bond motifs is 2. The van der Waals surface area contributed by atoms with E-state index in [1.807, 2.05) is 0 Å². The second kappa shape index (κ2) is 7.59. The van der Waals surface area contributed by atoms with Crippen LogP contribution in [0.4, 0.5) is 0 Å². The Balaban J connectivity index is 0.000000240. The van der Waals surface area contributed by atoms with Crippen LogP contribution < -0.4 is 0 Å². The largest absolute Gasteiger partial charge is 0.481 e. The lowest BCUT2D eigenvalue weighted by Crippen LogP contribution is -2.48. The van der Waals surface area contributed by atoms with Gasteiger partial charge in [0.25, 0.3) is 0 Å². The minimum atomic E-state index is -4.32. The van der Waals surface area contributed by atoms with E-state index in [1.54, 1.807) is 0 Å². The summed E-state index contributed by atoms with van der Waals surface area (Å²) in [7, 11) is -4.32. The summed E-state index contributed by atoms with van der Waals surface area (Å²) in [5, 5.41) is 7.76. The summed E-state index contributed by atoms with van der Waals surface area (Å²) in [6.07, 6.45) is -1.09. The van der Waals surface area contributed by atoms with Crippen LogP contribution >= 0.6 is 30.8 Å². The Labute approximate surface area is 134 Å². The molecule has 2 bridgehead atoms. The molecule has 3 N–H and O–H groups in total. The molecule has 0 atom stereocenters. The lowest BCUT2D eigenvalue weighted by molar-refractivity contribution is -0.985. The van der Waals surface area contributed by atoms with Crippen LogP contribution in [0.25, 0.3) is 0 Å². The second-order valence-corrected chi connectivity index (χ2v) is 8.16. The van der Waals surface area contributed by atoms with E-state index in [0.717, 1.165) is 24.8 Å². The van der Waals surface area contributed by atoms with Gasteiger partial charge in [0, 0.05) is 0 Å². The first-order chi connectivity index (χ1) is 9.66. The third kappa shape index (κ3) is 6.02. The maximum absolute atomic E-state index is 9.76. The smallest absolute Gasteiger partial charge is 0.336 e. The SMILES string of the molecule is ClCC[N+]12CC[N+](CCCl)(CC1)C2.O=C(O)CP(=O)(O)O. The fraction of sp³-hybridized carbons (Fsp3) is 0.909. The van der Waals surface area contributed by atoms with Crippen molar-refractivity contribution in [3.63, 3.8) is 0 Å². The zero-order chi connectivity index (χ0) is 16.1. The average Bonchev–Trinajstić information content (AvgIpc) is 2.82. The summed E-state index contributed by atoms with van der Waals surface area (Å²) in [6.45, 7) is 8.90. The molecule has 2 saturated heterocycles. The number of carbonyl (C=O) groups is 1. The van der Waals surface area contributed by atoms with Gasteiger partial charge in [-0.3, -0.25) is 18.3 Å². The van der Waals surface area contributed by atoms with Gasteiger partial charge in [-0.25, -0.2) is 0 Å². The molecule has 0 radical (unpaired) electrons. The molecule has 0 saturated carbocycles. The number of halogens is 2. The topological polar surface area (TPSA) is 94.8 Å². The highest BCUT2D eigenvalue weighted by Gasteiger charge is 2.54. The lowest BCUT2D eigenvalue weighted by Gasteiger charge is -2.26. The Hall–Kier alpha value is 0.120. The molecule has 0 unspecified atom stereocenters. The van der Waals surface area contributed by atoms with Crippen LogP contribution in [0.5, 0.6) is 0 Å². The van der Waals surface area contributed by atoms with Gasteiger partial charge in [-0.15, -0.1) is 23.2 Å². The second-order valence-electron chi connectivity index (χ2n) is 5.76. The number of carboxylic acids is 1. The third-order valence-electron chi connectivity index (χ3n) is 4.16. The van der Waals surface area contributed by atoms with Gasteiger partial charge < -0.3 is 14.9 Å². The first-order valence-electron chi connectivity index (χ1n) is 6.74. The normalized spacial score (nSPS) is 30.9. The Morgan fingerprint density at radius 1 is 1.00 bits per heavy atom. The van der Waals surface area contributed by atoms with Crippen molar-refractivity contribution in [1.29, 1.82) is 0 Å². The summed E-state index contributed by atoms with van der Waals surface area (Å²) in [5.41, 5.74) is 0. The summed E-state index contributed by atoms with van der Waals surface area (Å²) in [5.74, 6) is 0.125. The van der Waals surface area contributed by atoms with E-state index in [9.17, 15) is 9.36 Å². The zero-order valence-corrected chi connectivity index (χ0v) is 14.2. The standard InChI is InChI=1S/C9H18Cl2N2.C2H5O5P/c10-1-3-12-5-7-13(9-12,4-2-11)8-6-12;3-2(4)1-8(5,6)7/h1-9H2;1H2,(H,3,4)(H2,5,6,7)/q+2;. The zero-order valence-electron chi connectivity index (χ0n) is 11.8. The summed E-state index contributed by atoms with van der Waals surface area (Å²) in [6, 6.07) is 0. The minimum Gasteiger partial charge on any atom is -0.481 e. The highest BCUT2D eigenvalue weighted by Crippen LogP contribution is 2.33. The molecule has 2 rings (SSSR count). The number of hydrogen-bond acceptors (Lipinski definition) is 2. The highest BCUT2D eigenvalue weighted by atomic mass is 35.5. The van der Waals surface area contributed by atoms with Gasteiger partial charge in [0.1, 0.15) is 32.3 Å².